The number of benzene rings is 1. The van der Waals surface area contributed by atoms with Crippen molar-refractivity contribution in [1.29, 1.82) is 0 Å². The van der Waals surface area contributed by atoms with E-state index in [1.54, 1.807) is 20.9 Å². The Balaban J connectivity index is 2.32. The van der Waals surface area contributed by atoms with Crippen molar-refractivity contribution in [2.45, 2.75) is 20.3 Å². The standard InChI is InChI=1S/C13H14F2N4O/c1-7-8(2)10(5-4-9(7)11(14)15)12(20)18-13-16-6-17-19(13)3/h4-6,11H,1-3H3,(H,16,17,18,20). The Labute approximate surface area is 114 Å². The minimum Gasteiger partial charge on any atom is -0.291 e. The minimum absolute atomic E-state index is 0.0577. The summed E-state index contributed by atoms with van der Waals surface area (Å²) in [5.41, 5.74) is 1.24. The van der Waals surface area contributed by atoms with E-state index in [2.05, 4.69) is 15.4 Å². The molecule has 1 aromatic heterocycles. The van der Waals surface area contributed by atoms with Crippen molar-refractivity contribution in [3.63, 3.8) is 0 Å². The highest BCUT2D eigenvalue weighted by Gasteiger charge is 2.18. The monoisotopic (exact) mass is 280 g/mol. The van der Waals surface area contributed by atoms with E-state index in [-0.39, 0.29) is 5.56 Å². The van der Waals surface area contributed by atoms with E-state index in [1.165, 1.54) is 23.1 Å². The van der Waals surface area contributed by atoms with Crippen LogP contribution in [-0.4, -0.2) is 20.7 Å². The van der Waals surface area contributed by atoms with Gasteiger partial charge in [-0.15, -0.1) is 0 Å². The Hall–Kier alpha value is -2.31. The number of hydrogen-bond acceptors (Lipinski definition) is 3. The molecule has 1 N–H and O–H groups in total. The van der Waals surface area contributed by atoms with E-state index < -0.39 is 12.3 Å². The van der Waals surface area contributed by atoms with E-state index in [0.717, 1.165) is 0 Å². The molecular formula is C13H14F2N4O. The van der Waals surface area contributed by atoms with Gasteiger partial charge < -0.3 is 0 Å². The Morgan fingerprint density at radius 2 is 2.00 bits per heavy atom. The summed E-state index contributed by atoms with van der Waals surface area (Å²) in [5.74, 6) is -0.104. The molecule has 0 aliphatic carbocycles. The van der Waals surface area contributed by atoms with Crippen LogP contribution in [0.25, 0.3) is 0 Å². The molecule has 1 heterocycles. The van der Waals surface area contributed by atoms with Crippen LogP contribution in [0.2, 0.25) is 0 Å². The summed E-state index contributed by atoms with van der Waals surface area (Å²) in [6.07, 6.45) is -1.24. The highest BCUT2D eigenvalue weighted by Crippen LogP contribution is 2.26. The van der Waals surface area contributed by atoms with Gasteiger partial charge in [0.05, 0.1) is 0 Å². The fourth-order valence-corrected chi connectivity index (χ4v) is 1.90. The Morgan fingerprint density at radius 3 is 2.55 bits per heavy atom. The molecule has 2 aromatic rings. The van der Waals surface area contributed by atoms with Crippen LogP contribution in [0.15, 0.2) is 18.5 Å². The van der Waals surface area contributed by atoms with Crippen molar-refractivity contribution < 1.29 is 13.6 Å². The van der Waals surface area contributed by atoms with Crippen LogP contribution < -0.4 is 5.32 Å². The predicted octanol–water partition coefficient (Wildman–Crippen LogP) is 2.62. The molecule has 106 valence electrons. The van der Waals surface area contributed by atoms with E-state index in [1.807, 2.05) is 0 Å². The van der Waals surface area contributed by atoms with Gasteiger partial charge in [-0.05, 0) is 31.0 Å². The number of amides is 1. The molecule has 1 amide bonds. The lowest BCUT2D eigenvalue weighted by Crippen LogP contribution is -2.17. The Morgan fingerprint density at radius 1 is 1.30 bits per heavy atom. The van der Waals surface area contributed by atoms with Gasteiger partial charge in [0.25, 0.3) is 12.3 Å². The fourth-order valence-electron chi connectivity index (χ4n) is 1.90. The van der Waals surface area contributed by atoms with E-state index >= 15 is 0 Å². The summed E-state index contributed by atoms with van der Waals surface area (Å²) in [5, 5.41) is 6.42. The molecule has 7 heteroatoms. The summed E-state index contributed by atoms with van der Waals surface area (Å²) in [4.78, 5) is 16.0. The maximum absolute atomic E-state index is 12.8. The van der Waals surface area contributed by atoms with Crippen LogP contribution in [0.4, 0.5) is 14.7 Å². The van der Waals surface area contributed by atoms with Crippen LogP contribution in [0.5, 0.6) is 0 Å². The summed E-state index contributed by atoms with van der Waals surface area (Å²) in [7, 11) is 1.64. The van der Waals surface area contributed by atoms with Gasteiger partial charge in [-0.25, -0.2) is 13.5 Å². The minimum atomic E-state index is -2.55. The van der Waals surface area contributed by atoms with Crippen LogP contribution in [0.1, 0.15) is 33.5 Å². The summed E-state index contributed by atoms with van der Waals surface area (Å²) in [6, 6.07) is 2.67. The summed E-state index contributed by atoms with van der Waals surface area (Å²) < 4.78 is 27.0. The molecule has 2 rings (SSSR count). The second-order valence-electron chi connectivity index (χ2n) is 4.41. The second kappa shape index (κ2) is 5.36. The average Bonchev–Trinajstić information content (AvgIpc) is 2.77. The first kappa shape index (κ1) is 14.1. The van der Waals surface area contributed by atoms with Crippen LogP contribution in [-0.2, 0) is 7.05 Å². The molecule has 0 fully saturated rings. The normalized spacial score (nSPS) is 10.9. The highest BCUT2D eigenvalue weighted by atomic mass is 19.3. The van der Waals surface area contributed by atoms with Gasteiger partial charge in [-0.2, -0.15) is 10.1 Å². The largest absolute Gasteiger partial charge is 0.291 e. The lowest BCUT2D eigenvalue weighted by atomic mass is 9.98. The zero-order valence-electron chi connectivity index (χ0n) is 11.3. The Bertz CT molecular complexity index is 652. The molecule has 1 aromatic carbocycles. The smallest absolute Gasteiger partial charge is 0.264 e. The quantitative estimate of drug-likeness (QED) is 0.940. The van der Waals surface area contributed by atoms with Gasteiger partial charge in [-0.3, -0.25) is 10.1 Å². The molecular weight excluding hydrogens is 266 g/mol. The SMILES string of the molecule is Cc1c(C(=O)Nc2ncnn2C)ccc(C(F)F)c1C. The summed E-state index contributed by atoms with van der Waals surface area (Å²) >= 11 is 0. The summed E-state index contributed by atoms with van der Waals surface area (Å²) in [6.45, 7) is 3.22. The molecule has 20 heavy (non-hydrogen) atoms. The third-order valence-corrected chi connectivity index (χ3v) is 3.25. The van der Waals surface area contributed by atoms with Crippen LogP contribution in [0, 0.1) is 13.8 Å². The molecule has 5 nitrogen and oxygen atoms in total. The molecule has 0 radical (unpaired) electrons. The molecule has 0 unspecified atom stereocenters. The third kappa shape index (κ3) is 2.52. The molecule has 0 saturated heterocycles. The number of nitrogens with one attached hydrogen (secondary N) is 1. The zero-order chi connectivity index (χ0) is 14.9. The van der Waals surface area contributed by atoms with Gasteiger partial charge in [0, 0.05) is 18.2 Å². The van der Waals surface area contributed by atoms with Gasteiger partial charge in [0.15, 0.2) is 0 Å². The van der Waals surface area contributed by atoms with Crippen molar-refractivity contribution in [2.75, 3.05) is 5.32 Å². The van der Waals surface area contributed by atoms with Gasteiger partial charge in [0.1, 0.15) is 6.33 Å². The first-order valence-corrected chi connectivity index (χ1v) is 5.95. The number of hydrogen-bond donors (Lipinski definition) is 1. The average molecular weight is 280 g/mol. The highest BCUT2D eigenvalue weighted by molar-refractivity contribution is 6.04. The number of anilines is 1. The lowest BCUT2D eigenvalue weighted by molar-refractivity contribution is 0.102. The van der Waals surface area contributed by atoms with E-state index in [4.69, 9.17) is 0 Å². The maximum atomic E-state index is 12.8. The van der Waals surface area contributed by atoms with Crippen molar-refractivity contribution in [1.82, 2.24) is 14.8 Å². The molecule has 0 bridgehead atoms. The Kier molecular flexibility index (Phi) is 3.78. The predicted molar refractivity (Wildman–Crippen MR) is 69.8 cm³/mol. The number of rotatable bonds is 3. The number of carbonyl (C=O) groups is 1. The molecule has 0 aliphatic heterocycles. The van der Waals surface area contributed by atoms with Crippen molar-refractivity contribution in [2.24, 2.45) is 7.05 Å². The van der Waals surface area contributed by atoms with Gasteiger partial charge in [-0.1, -0.05) is 6.07 Å². The van der Waals surface area contributed by atoms with Crippen molar-refractivity contribution >= 4 is 11.9 Å². The van der Waals surface area contributed by atoms with Crippen LogP contribution >= 0.6 is 0 Å². The van der Waals surface area contributed by atoms with Gasteiger partial charge >= 0.3 is 0 Å². The van der Waals surface area contributed by atoms with Crippen molar-refractivity contribution in [3.8, 4) is 0 Å². The third-order valence-electron chi connectivity index (χ3n) is 3.25. The molecule has 0 atom stereocenters. The molecule has 0 saturated carbocycles. The number of alkyl halides is 2. The number of halogens is 2. The van der Waals surface area contributed by atoms with Crippen LogP contribution in [0.3, 0.4) is 0 Å². The van der Waals surface area contributed by atoms with E-state index in [0.29, 0.717) is 22.6 Å². The zero-order valence-corrected chi connectivity index (χ0v) is 11.3. The topological polar surface area (TPSA) is 59.8 Å². The first-order valence-electron chi connectivity index (χ1n) is 5.95. The maximum Gasteiger partial charge on any atom is 0.264 e. The molecule has 0 aliphatic rings. The number of carbonyl (C=O) groups excluding carboxylic acids is 1. The lowest BCUT2D eigenvalue weighted by Gasteiger charge is -2.12. The van der Waals surface area contributed by atoms with Crippen molar-refractivity contribution in [3.05, 3.63) is 40.7 Å². The first-order chi connectivity index (χ1) is 9.41. The fraction of sp³-hybridized carbons (Fsp3) is 0.308. The number of nitrogens with zero attached hydrogens (tertiary/aromatic N) is 3. The van der Waals surface area contributed by atoms with Gasteiger partial charge in [0.2, 0.25) is 5.95 Å². The molecule has 0 spiro atoms. The van der Waals surface area contributed by atoms with E-state index in [9.17, 15) is 13.6 Å². The number of aromatic nitrogens is 3. The second-order valence-corrected chi connectivity index (χ2v) is 4.41. The number of aryl methyl sites for hydroxylation is 1.